The summed E-state index contributed by atoms with van der Waals surface area (Å²) in [6.45, 7) is 11.0. The summed E-state index contributed by atoms with van der Waals surface area (Å²) >= 11 is 0. The monoisotopic (exact) mass is 263 g/mol. The van der Waals surface area contributed by atoms with Gasteiger partial charge in [0.1, 0.15) is 0 Å². The zero-order valence-corrected chi connectivity index (χ0v) is 12.5. The Hall–Kier alpha value is -1.16. The number of aromatic nitrogens is 2. The van der Waals surface area contributed by atoms with E-state index in [0.29, 0.717) is 5.41 Å². The number of aliphatic hydroxyl groups is 1. The molecule has 0 bridgehead atoms. The molecular formula is C15H25N3O. The Balaban J connectivity index is 2.04. The molecule has 0 amide bonds. The standard InChI is InChI=1S/C15H25N3O/c1-11-12(10-19)9-16-14(17-11)18-7-5-13(6-8-18)15(2,3)4/h9,13,19H,5-8,10H2,1-4H3. The fourth-order valence-electron chi connectivity index (χ4n) is 2.73. The highest BCUT2D eigenvalue weighted by Gasteiger charge is 2.29. The van der Waals surface area contributed by atoms with E-state index in [2.05, 4.69) is 35.6 Å². The number of anilines is 1. The van der Waals surface area contributed by atoms with E-state index in [1.807, 2.05) is 6.92 Å². The SMILES string of the molecule is Cc1nc(N2CCC(C(C)(C)C)CC2)ncc1CO. The number of rotatable bonds is 2. The van der Waals surface area contributed by atoms with Gasteiger partial charge in [0.05, 0.1) is 6.61 Å². The third-order valence-corrected chi connectivity index (χ3v) is 4.24. The van der Waals surface area contributed by atoms with Crippen LogP contribution in [0.4, 0.5) is 5.95 Å². The normalized spacial score (nSPS) is 17.8. The Morgan fingerprint density at radius 2 is 1.95 bits per heavy atom. The van der Waals surface area contributed by atoms with E-state index >= 15 is 0 Å². The van der Waals surface area contributed by atoms with Crippen molar-refractivity contribution in [2.24, 2.45) is 11.3 Å². The Bertz CT molecular complexity index is 432. The van der Waals surface area contributed by atoms with Crippen LogP contribution < -0.4 is 4.90 Å². The third kappa shape index (κ3) is 3.24. The summed E-state index contributed by atoms with van der Waals surface area (Å²) < 4.78 is 0. The summed E-state index contributed by atoms with van der Waals surface area (Å²) in [5, 5.41) is 9.15. The lowest BCUT2D eigenvalue weighted by atomic mass is 9.75. The van der Waals surface area contributed by atoms with Crippen LogP contribution in [-0.2, 0) is 6.61 Å². The average Bonchev–Trinajstić information content (AvgIpc) is 2.38. The second-order valence-corrected chi connectivity index (χ2v) is 6.57. The van der Waals surface area contributed by atoms with Crippen LogP contribution in [0, 0.1) is 18.3 Å². The summed E-state index contributed by atoms with van der Waals surface area (Å²) in [7, 11) is 0. The van der Waals surface area contributed by atoms with Crippen molar-refractivity contribution < 1.29 is 5.11 Å². The number of piperidine rings is 1. The molecule has 1 aliphatic rings. The fourth-order valence-corrected chi connectivity index (χ4v) is 2.73. The smallest absolute Gasteiger partial charge is 0.225 e. The van der Waals surface area contributed by atoms with E-state index in [1.165, 1.54) is 12.8 Å². The molecule has 1 saturated heterocycles. The molecule has 2 rings (SSSR count). The van der Waals surface area contributed by atoms with Crippen molar-refractivity contribution in [2.45, 2.75) is 47.1 Å². The summed E-state index contributed by atoms with van der Waals surface area (Å²) in [6.07, 6.45) is 4.15. The van der Waals surface area contributed by atoms with E-state index < -0.39 is 0 Å². The molecule has 0 atom stereocenters. The van der Waals surface area contributed by atoms with Gasteiger partial charge in [-0.05, 0) is 31.1 Å². The first kappa shape index (κ1) is 14.3. The molecule has 1 aliphatic heterocycles. The van der Waals surface area contributed by atoms with Crippen LogP contribution in [0.2, 0.25) is 0 Å². The lowest BCUT2D eigenvalue weighted by molar-refractivity contribution is 0.198. The van der Waals surface area contributed by atoms with E-state index in [-0.39, 0.29) is 6.61 Å². The van der Waals surface area contributed by atoms with Crippen LogP contribution in [-0.4, -0.2) is 28.2 Å². The number of aryl methyl sites for hydroxylation is 1. The number of hydrogen-bond acceptors (Lipinski definition) is 4. The molecular weight excluding hydrogens is 238 g/mol. The van der Waals surface area contributed by atoms with Crippen molar-refractivity contribution in [1.29, 1.82) is 0 Å². The van der Waals surface area contributed by atoms with Gasteiger partial charge in [-0.1, -0.05) is 20.8 Å². The van der Waals surface area contributed by atoms with E-state index in [4.69, 9.17) is 5.11 Å². The molecule has 1 aromatic heterocycles. The largest absolute Gasteiger partial charge is 0.392 e. The second-order valence-electron chi connectivity index (χ2n) is 6.57. The average molecular weight is 263 g/mol. The minimum Gasteiger partial charge on any atom is -0.392 e. The van der Waals surface area contributed by atoms with Gasteiger partial charge in [-0.3, -0.25) is 0 Å². The van der Waals surface area contributed by atoms with Gasteiger partial charge in [-0.2, -0.15) is 0 Å². The minimum atomic E-state index is 0.0121. The van der Waals surface area contributed by atoms with Gasteiger partial charge in [-0.15, -0.1) is 0 Å². The van der Waals surface area contributed by atoms with Gasteiger partial charge in [0.15, 0.2) is 0 Å². The summed E-state index contributed by atoms with van der Waals surface area (Å²) in [5.41, 5.74) is 2.09. The summed E-state index contributed by atoms with van der Waals surface area (Å²) in [5.74, 6) is 1.59. The quantitative estimate of drug-likeness (QED) is 0.891. The highest BCUT2D eigenvalue weighted by atomic mass is 16.3. The Morgan fingerprint density at radius 3 is 2.42 bits per heavy atom. The highest BCUT2D eigenvalue weighted by Crippen LogP contribution is 2.34. The van der Waals surface area contributed by atoms with Crippen molar-refractivity contribution >= 4 is 5.95 Å². The summed E-state index contributed by atoms with van der Waals surface area (Å²) in [6, 6.07) is 0. The first-order chi connectivity index (χ1) is 8.91. The molecule has 1 aromatic rings. The molecule has 0 aromatic carbocycles. The zero-order chi connectivity index (χ0) is 14.0. The van der Waals surface area contributed by atoms with E-state index in [1.54, 1.807) is 6.20 Å². The molecule has 0 unspecified atom stereocenters. The molecule has 2 heterocycles. The van der Waals surface area contributed by atoms with Gasteiger partial charge in [0.2, 0.25) is 5.95 Å². The minimum absolute atomic E-state index is 0.0121. The predicted octanol–water partition coefficient (Wildman–Crippen LogP) is 2.54. The lowest BCUT2D eigenvalue weighted by Gasteiger charge is -2.38. The van der Waals surface area contributed by atoms with Crippen LogP contribution in [0.5, 0.6) is 0 Å². The lowest BCUT2D eigenvalue weighted by Crippen LogP contribution is -2.39. The van der Waals surface area contributed by atoms with Crippen LogP contribution in [0.3, 0.4) is 0 Å². The fraction of sp³-hybridized carbons (Fsp3) is 0.733. The highest BCUT2D eigenvalue weighted by molar-refractivity contribution is 5.33. The molecule has 106 valence electrons. The van der Waals surface area contributed by atoms with Crippen molar-refractivity contribution in [1.82, 2.24) is 9.97 Å². The van der Waals surface area contributed by atoms with E-state index in [0.717, 1.165) is 36.2 Å². The zero-order valence-electron chi connectivity index (χ0n) is 12.5. The summed E-state index contributed by atoms with van der Waals surface area (Å²) in [4.78, 5) is 11.1. The molecule has 0 aliphatic carbocycles. The molecule has 4 heteroatoms. The first-order valence-electron chi connectivity index (χ1n) is 7.10. The van der Waals surface area contributed by atoms with Gasteiger partial charge in [0, 0.05) is 30.5 Å². The van der Waals surface area contributed by atoms with Gasteiger partial charge in [0.25, 0.3) is 0 Å². The number of hydrogen-bond donors (Lipinski definition) is 1. The van der Waals surface area contributed by atoms with Crippen molar-refractivity contribution in [3.63, 3.8) is 0 Å². The van der Waals surface area contributed by atoms with Gasteiger partial charge in [-0.25, -0.2) is 9.97 Å². The third-order valence-electron chi connectivity index (χ3n) is 4.24. The van der Waals surface area contributed by atoms with Gasteiger partial charge < -0.3 is 10.0 Å². The van der Waals surface area contributed by atoms with Crippen LogP contribution >= 0.6 is 0 Å². The topological polar surface area (TPSA) is 49.2 Å². The Kier molecular flexibility index (Phi) is 4.09. The maximum Gasteiger partial charge on any atom is 0.225 e. The molecule has 19 heavy (non-hydrogen) atoms. The van der Waals surface area contributed by atoms with E-state index in [9.17, 15) is 0 Å². The Labute approximate surface area is 115 Å². The molecule has 0 radical (unpaired) electrons. The number of aliphatic hydroxyl groups excluding tert-OH is 1. The molecule has 0 spiro atoms. The van der Waals surface area contributed by atoms with Crippen LogP contribution in [0.25, 0.3) is 0 Å². The van der Waals surface area contributed by atoms with Crippen molar-refractivity contribution in [3.05, 3.63) is 17.5 Å². The molecule has 1 fully saturated rings. The maximum absolute atomic E-state index is 9.15. The molecule has 0 saturated carbocycles. The first-order valence-corrected chi connectivity index (χ1v) is 7.10. The second kappa shape index (κ2) is 5.45. The number of nitrogens with zero attached hydrogens (tertiary/aromatic N) is 3. The maximum atomic E-state index is 9.15. The van der Waals surface area contributed by atoms with Crippen LogP contribution in [0.15, 0.2) is 6.20 Å². The van der Waals surface area contributed by atoms with Crippen molar-refractivity contribution in [2.75, 3.05) is 18.0 Å². The van der Waals surface area contributed by atoms with Crippen LogP contribution in [0.1, 0.15) is 44.9 Å². The molecule has 4 nitrogen and oxygen atoms in total. The Morgan fingerprint density at radius 1 is 1.32 bits per heavy atom. The van der Waals surface area contributed by atoms with Gasteiger partial charge >= 0.3 is 0 Å². The van der Waals surface area contributed by atoms with Crippen molar-refractivity contribution in [3.8, 4) is 0 Å². The predicted molar refractivity (Wildman–Crippen MR) is 77.1 cm³/mol. The molecule has 1 N–H and O–H groups in total.